The van der Waals surface area contributed by atoms with Crippen LogP contribution >= 0.6 is 11.6 Å². The summed E-state index contributed by atoms with van der Waals surface area (Å²) >= 11 is 6.22. The lowest BCUT2D eigenvalue weighted by molar-refractivity contribution is -0.135. The van der Waals surface area contributed by atoms with Gasteiger partial charge in [0.15, 0.2) is 0 Å². The second-order valence-electron chi connectivity index (χ2n) is 4.74. The van der Waals surface area contributed by atoms with Crippen molar-refractivity contribution in [2.75, 3.05) is 14.2 Å². The summed E-state index contributed by atoms with van der Waals surface area (Å²) in [6.07, 6.45) is 2.89. The molecule has 0 bridgehead atoms. The fourth-order valence-electron chi connectivity index (χ4n) is 1.95. The average Bonchev–Trinajstić information content (AvgIpc) is 2.60. The van der Waals surface area contributed by atoms with Crippen LogP contribution < -0.4 is 4.74 Å². The lowest BCUT2D eigenvalue weighted by atomic mass is 10.1. The quantitative estimate of drug-likeness (QED) is 0.328. The van der Waals surface area contributed by atoms with Crippen molar-refractivity contribution in [3.05, 3.63) is 77.0 Å². The van der Waals surface area contributed by atoms with Gasteiger partial charge in [-0.1, -0.05) is 41.9 Å². The van der Waals surface area contributed by atoms with Crippen molar-refractivity contribution >= 4 is 23.6 Å². The smallest absolute Gasteiger partial charge is 0.342 e. The van der Waals surface area contributed by atoms with Crippen LogP contribution in [0.5, 0.6) is 11.5 Å². The normalized spacial score (nSPS) is 11.8. The summed E-state index contributed by atoms with van der Waals surface area (Å²) in [7, 11) is 2.71. The third-order valence-corrected chi connectivity index (χ3v) is 3.34. The molecule has 0 spiro atoms. The summed E-state index contributed by atoms with van der Waals surface area (Å²) in [6.45, 7) is 0. The van der Waals surface area contributed by atoms with Gasteiger partial charge in [0.25, 0.3) is 0 Å². The van der Waals surface area contributed by atoms with Gasteiger partial charge in [-0.25, -0.2) is 4.79 Å². The molecule has 4 nitrogen and oxygen atoms in total. The number of hydrogen-bond acceptors (Lipinski definition) is 4. The van der Waals surface area contributed by atoms with E-state index in [0.29, 0.717) is 5.75 Å². The molecule has 24 heavy (non-hydrogen) atoms. The number of para-hydroxylation sites is 1. The first-order chi connectivity index (χ1) is 11.6. The summed E-state index contributed by atoms with van der Waals surface area (Å²) in [5.74, 6) is 0.823. The number of hydrogen-bond donors (Lipinski definition) is 0. The van der Waals surface area contributed by atoms with Crippen molar-refractivity contribution in [1.29, 1.82) is 0 Å². The van der Waals surface area contributed by atoms with E-state index >= 15 is 0 Å². The fourth-order valence-corrected chi connectivity index (χ4v) is 2.19. The number of methoxy groups -OCH3 is 2. The molecule has 0 aromatic heterocycles. The summed E-state index contributed by atoms with van der Waals surface area (Å²) < 4.78 is 15.3. The van der Waals surface area contributed by atoms with E-state index in [9.17, 15) is 4.79 Å². The first-order valence-electron chi connectivity index (χ1n) is 7.16. The zero-order valence-electron chi connectivity index (χ0n) is 13.4. The van der Waals surface area contributed by atoms with E-state index in [2.05, 4.69) is 4.74 Å². The standard InChI is InChI=1S/C19H17ClO4/c1-22-13-17(19(21)23-2)18(20)12-14-7-6-10-16(11-14)24-15-8-4-3-5-9-15/h3-13H,1-2H3/b17-13-,18-12+. The highest BCUT2D eigenvalue weighted by Crippen LogP contribution is 2.25. The largest absolute Gasteiger partial charge is 0.503 e. The Morgan fingerprint density at radius 2 is 1.71 bits per heavy atom. The highest BCUT2D eigenvalue weighted by atomic mass is 35.5. The van der Waals surface area contributed by atoms with Crippen molar-refractivity contribution in [2.45, 2.75) is 0 Å². The fraction of sp³-hybridized carbons (Fsp3) is 0.105. The van der Waals surface area contributed by atoms with Crippen LogP contribution in [0.25, 0.3) is 6.08 Å². The molecule has 124 valence electrons. The van der Waals surface area contributed by atoms with Crippen LogP contribution in [0.2, 0.25) is 0 Å². The number of benzene rings is 2. The Bertz CT molecular complexity index is 751. The maximum absolute atomic E-state index is 11.7. The third-order valence-electron chi connectivity index (χ3n) is 3.03. The van der Waals surface area contributed by atoms with Crippen molar-refractivity contribution in [3.63, 3.8) is 0 Å². The van der Waals surface area contributed by atoms with E-state index in [-0.39, 0.29) is 10.6 Å². The van der Waals surface area contributed by atoms with Crippen LogP contribution in [-0.4, -0.2) is 20.2 Å². The van der Waals surface area contributed by atoms with E-state index in [1.165, 1.54) is 20.5 Å². The number of carbonyl (C=O) groups excluding carboxylic acids is 1. The molecule has 0 N–H and O–H groups in total. The van der Waals surface area contributed by atoms with Gasteiger partial charge in [-0.2, -0.15) is 0 Å². The first-order valence-corrected chi connectivity index (χ1v) is 7.53. The van der Waals surface area contributed by atoms with E-state index in [1.807, 2.05) is 54.6 Å². The third kappa shape index (κ3) is 4.89. The van der Waals surface area contributed by atoms with E-state index in [4.69, 9.17) is 21.1 Å². The van der Waals surface area contributed by atoms with Gasteiger partial charge >= 0.3 is 5.97 Å². The van der Waals surface area contributed by atoms with Crippen molar-refractivity contribution in [1.82, 2.24) is 0 Å². The molecule has 0 saturated carbocycles. The lowest BCUT2D eigenvalue weighted by Gasteiger charge is -2.07. The predicted molar refractivity (Wildman–Crippen MR) is 93.9 cm³/mol. The molecule has 0 aliphatic heterocycles. The van der Waals surface area contributed by atoms with Gasteiger partial charge in [0.2, 0.25) is 0 Å². The number of halogens is 1. The number of rotatable bonds is 6. The van der Waals surface area contributed by atoms with Crippen LogP contribution in [0, 0.1) is 0 Å². The molecule has 0 saturated heterocycles. The predicted octanol–water partition coefficient (Wildman–Crippen LogP) is 4.76. The van der Waals surface area contributed by atoms with Gasteiger partial charge in [0.05, 0.1) is 25.5 Å². The maximum atomic E-state index is 11.7. The molecular formula is C19H17ClO4. The maximum Gasteiger partial charge on any atom is 0.342 e. The van der Waals surface area contributed by atoms with Crippen LogP contribution in [0.3, 0.4) is 0 Å². The molecule has 0 fully saturated rings. The second-order valence-corrected chi connectivity index (χ2v) is 5.15. The summed E-state index contributed by atoms with van der Waals surface area (Å²) in [5, 5.41) is 0.209. The monoisotopic (exact) mass is 344 g/mol. The second kappa shape index (κ2) is 8.79. The number of ether oxygens (including phenoxy) is 3. The highest BCUT2D eigenvalue weighted by molar-refractivity contribution is 6.36. The molecule has 0 aliphatic rings. The van der Waals surface area contributed by atoms with Gasteiger partial charge < -0.3 is 14.2 Å². The minimum Gasteiger partial charge on any atom is -0.503 e. The minimum absolute atomic E-state index is 0.135. The van der Waals surface area contributed by atoms with Crippen LogP contribution in [0.4, 0.5) is 0 Å². The first kappa shape index (κ1) is 17.6. The molecule has 0 radical (unpaired) electrons. The molecule has 2 aromatic carbocycles. The Labute approximate surface area is 145 Å². The zero-order valence-corrected chi connectivity index (χ0v) is 14.1. The van der Waals surface area contributed by atoms with Crippen molar-refractivity contribution < 1.29 is 19.0 Å². The number of esters is 1. The Morgan fingerprint density at radius 1 is 1.00 bits per heavy atom. The Kier molecular flexibility index (Phi) is 6.46. The molecule has 0 aliphatic carbocycles. The highest BCUT2D eigenvalue weighted by Gasteiger charge is 2.14. The molecule has 5 heteroatoms. The molecule has 2 rings (SSSR count). The molecule has 2 aromatic rings. The van der Waals surface area contributed by atoms with E-state index in [0.717, 1.165) is 11.3 Å². The van der Waals surface area contributed by atoms with Crippen LogP contribution in [0.1, 0.15) is 5.56 Å². The Balaban J connectivity index is 2.24. The van der Waals surface area contributed by atoms with Gasteiger partial charge in [-0.05, 0) is 35.9 Å². The SMILES string of the molecule is CO/C=C(C(=O)OC)/C(Cl)=C\c1cccc(Oc2ccccc2)c1. The summed E-state index contributed by atoms with van der Waals surface area (Å²) in [4.78, 5) is 11.7. The van der Waals surface area contributed by atoms with Gasteiger partial charge in [-0.15, -0.1) is 0 Å². The average molecular weight is 345 g/mol. The zero-order chi connectivity index (χ0) is 17.4. The van der Waals surface area contributed by atoms with E-state index < -0.39 is 5.97 Å². The minimum atomic E-state index is -0.574. The molecule has 0 atom stereocenters. The van der Waals surface area contributed by atoms with Crippen molar-refractivity contribution in [2.24, 2.45) is 0 Å². The Hall–Kier alpha value is -2.72. The van der Waals surface area contributed by atoms with Crippen molar-refractivity contribution in [3.8, 4) is 11.5 Å². The van der Waals surface area contributed by atoms with Crippen LogP contribution in [0.15, 0.2) is 71.5 Å². The summed E-state index contributed by atoms with van der Waals surface area (Å²) in [5.41, 5.74) is 0.912. The van der Waals surface area contributed by atoms with Gasteiger partial charge in [0.1, 0.15) is 17.1 Å². The van der Waals surface area contributed by atoms with E-state index in [1.54, 1.807) is 6.08 Å². The lowest BCUT2D eigenvalue weighted by Crippen LogP contribution is -2.05. The number of carbonyl (C=O) groups is 1. The van der Waals surface area contributed by atoms with Gasteiger partial charge in [-0.3, -0.25) is 0 Å². The molecule has 0 unspecified atom stereocenters. The topological polar surface area (TPSA) is 44.8 Å². The molecule has 0 heterocycles. The molecule has 0 amide bonds. The van der Waals surface area contributed by atoms with Crippen LogP contribution in [-0.2, 0) is 14.3 Å². The Morgan fingerprint density at radius 3 is 2.38 bits per heavy atom. The molecular weight excluding hydrogens is 328 g/mol. The summed E-state index contributed by atoms with van der Waals surface area (Å²) in [6, 6.07) is 16.8. The van der Waals surface area contributed by atoms with Gasteiger partial charge in [0, 0.05) is 0 Å².